The number of aromatic hydroxyl groups is 1. The number of phenols is 1. The normalized spacial score (nSPS) is 16.0. The van der Waals surface area contributed by atoms with E-state index >= 15 is 0 Å². The van der Waals surface area contributed by atoms with Gasteiger partial charge in [0.05, 0.1) is 5.39 Å². The Labute approximate surface area is 145 Å². The zero-order valence-electron chi connectivity index (χ0n) is 13.8. The van der Waals surface area contributed by atoms with E-state index in [1.54, 1.807) is 29.8 Å². The van der Waals surface area contributed by atoms with Gasteiger partial charge in [0.25, 0.3) is 0 Å². The van der Waals surface area contributed by atoms with Gasteiger partial charge in [0.2, 0.25) is 0 Å². The number of hydrogen-bond donors (Lipinski definition) is 1. The second-order valence-corrected chi connectivity index (χ2v) is 7.45. The third-order valence-electron chi connectivity index (χ3n) is 4.87. The summed E-state index contributed by atoms with van der Waals surface area (Å²) in [5.41, 5.74) is 1.32. The van der Waals surface area contributed by atoms with Gasteiger partial charge in [-0.1, -0.05) is 19.1 Å². The number of thiophene rings is 1. The first-order chi connectivity index (χ1) is 11.7. The second kappa shape index (κ2) is 6.40. The molecule has 0 amide bonds. The molecule has 1 aliphatic rings. The summed E-state index contributed by atoms with van der Waals surface area (Å²) >= 11 is 1.77. The lowest BCUT2D eigenvalue weighted by atomic mass is 9.89. The molecule has 124 valence electrons. The van der Waals surface area contributed by atoms with Crippen LogP contribution in [0.4, 0.5) is 5.82 Å². The summed E-state index contributed by atoms with van der Waals surface area (Å²) in [6.07, 6.45) is 4.96. The molecule has 0 bridgehead atoms. The monoisotopic (exact) mass is 339 g/mol. The average Bonchev–Trinajstić information content (AvgIpc) is 3.06. The Balaban J connectivity index is 1.53. The van der Waals surface area contributed by atoms with Crippen molar-refractivity contribution in [2.24, 2.45) is 0 Å². The highest BCUT2D eigenvalue weighted by atomic mass is 32.1. The van der Waals surface area contributed by atoms with Gasteiger partial charge in [0.15, 0.2) is 0 Å². The molecule has 1 N–H and O–H groups in total. The zero-order valence-corrected chi connectivity index (χ0v) is 14.6. The molecule has 2 aromatic heterocycles. The molecule has 4 rings (SSSR count). The van der Waals surface area contributed by atoms with Gasteiger partial charge in [-0.3, -0.25) is 0 Å². The van der Waals surface area contributed by atoms with Crippen LogP contribution in [-0.2, 0) is 6.42 Å². The Morgan fingerprint density at radius 1 is 1.17 bits per heavy atom. The van der Waals surface area contributed by atoms with E-state index in [1.807, 2.05) is 12.1 Å². The van der Waals surface area contributed by atoms with Crippen molar-refractivity contribution in [2.45, 2.75) is 32.1 Å². The summed E-state index contributed by atoms with van der Waals surface area (Å²) in [6, 6.07) is 9.91. The molecule has 0 saturated carbocycles. The Morgan fingerprint density at radius 3 is 2.62 bits per heavy atom. The molecule has 5 heteroatoms. The number of piperidine rings is 1. The molecule has 1 saturated heterocycles. The molecule has 4 nitrogen and oxygen atoms in total. The summed E-state index contributed by atoms with van der Waals surface area (Å²) in [5, 5.41) is 10.6. The molecule has 0 atom stereocenters. The number of hydrogen-bond acceptors (Lipinski definition) is 5. The predicted octanol–water partition coefficient (Wildman–Crippen LogP) is 4.34. The molecule has 0 spiro atoms. The first-order valence-electron chi connectivity index (χ1n) is 8.52. The number of rotatable bonds is 3. The zero-order chi connectivity index (χ0) is 16.5. The quantitative estimate of drug-likeness (QED) is 0.771. The van der Waals surface area contributed by atoms with Crippen molar-refractivity contribution < 1.29 is 5.11 Å². The number of nitrogens with zero attached hydrogens (tertiary/aromatic N) is 3. The molecule has 1 fully saturated rings. The lowest BCUT2D eigenvalue weighted by Gasteiger charge is -2.33. The van der Waals surface area contributed by atoms with Gasteiger partial charge in [-0.15, -0.1) is 11.3 Å². The number of phenolic OH excluding ortho intramolecular Hbond substituents is 1. The van der Waals surface area contributed by atoms with Crippen LogP contribution in [0.3, 0.4) is 0 Å². The van der Waals surface area contributed by atoms with E-state index in [4.69, 9.17) is 0 Å². The van der Waals surface area contributed by atoms with Gasteiger partial charge in [-0.2, -0.15) is 0 Å². The maximum atomic E-state index is 9.45. The molecule has 0 aliphatic carbocycles. The molecule has 3 heterocycles. The van der Waals surface area contributed by atoms with Crippen LogP contribution in [0.2, 0.25) is 0 Å². The third-order valence-corrected chi connectivity index (χ3v) is 6.05. The number of anilines is 1. The minimum atomic E-state index is 0.337. The SMILES string of the molecule is CCc1cc2c(N3CCC(c4ccc(O)cc4)CC3)ncnc2s1. The van der Waals surface area contributed by atoms with E-state index in [0.717, 1.165) is 43.0 Å². The lowest BCUT2D eigenvalue weighted by molar-refractivity contribution is 0.472. The Bertz CT molecular complexity index is 835. The molecule has 0 unspecified atom stereocenters. The maximum absolute atomic E-state index is 9.45. The minimum absolute atomic E-state index is 0.337. The molecular formula is C19H21N3OS. The Kier molecular flexibility index (Phi) is 4.10. The number of benzene rings is 1. The first kappa shape index (κ1) is 15.4. The van der Waals surface area contributed by atoms with E-state index < -0.39 is 0 Å². The van der Waals surface area contributed by atoms with Crippen molar-refractivity contribution in [3.8, 4) is 5.75 Å². The van der Waals surface area contributed by atoms with Gasteiger partial charge in [-0.25, -0.2) is 9.97 Å². The molecule has 1 aliphatic heterocycles. The fourth-order valence-corrected chi connectivity index (χ4v) is 4.42. The molecule has 1 aromatic carbocycles. The largest absolute Gasteiger partial charge is 0.508 e. The summed E-state index contributed by atoms with van der Waals surface area (Å²) in [4.78, 5) is 13.9. The van der Waals surface area contributed by atoms with Crippen molar-refractivity contribution in [3.05, 3.63) is 47.1 Å². The third kappa shape index (κ3) is 2.84. The number of aromatic nitrogens is 2. The van der Waals surface area contributed by atoms with Crippen LogP contribution in [0.1, 0.15) is 36.1 Å². The van der Waals surface area contributed by atoms with Gasteiger partial charge < -0.3 is 10.0 Å². The summed E-state index contributed by atoms with van der Waals surface area (Å²) < 4.78 is 0. The van der Waals surface area contributed by atoms with E-state index in [9.17, 15) is 5.11 Å². The summed E-state index contributed by atoms with van der Waals surface area (Å²) in [6.45, 7) is 4.20. The van der Waals surface area contributed by atoms with Gasteiger partial charge in [0, 0.05) is 18.0 Å². The van der Waals surface area contributed by atoms with E-state index in [2.05, 4.69) is 27.9 Å². The predicted molar refractivity (Wildman–Crippen MR) is 99.1 cm³/mol. The highest BCUT2D eigenvalue weighted by molar-refractivity contribution is 7.18. The highest BCUT2D eigenvalue weighted by Gasteiger charge is 2.23. The minimum Gasteiger partial charge on any atom is -0.508 e. The smallest absolute Gasteiger partial charge is 0.140 e. The molecule has 24 heavy (non-hydrogen) atoms. The fourth-order valence-electron chi connectivity index (χ4n) is 3.49. The van der Waals surface area contributed by atoms with Crippen molar-refractivity contribution >= 4 is 27.4 Å². The molecular weight excluding hydrogens is 318 g/mol. The topological polar surface area (TPSA) is 49.2 Å². The maximum Gasteiger partial charge on any atom is 0.140 e. The second-order valence-electron chi connectivity index (χ2n) is 6.34. The van der Waals surface area contributed by atoms with Crippen LogP contribution in [0.25, 0.3) is 10.2 Å². The van der Waals surface area contributed by atoms with Gasteiger partial charge >= 0.3 is 0 Å². The van der Waals surface area contributed by atoms with Crippen LogP contribution in [0.15, 0.2) is 36.7 Å². The van der Waals surface area contributed by atoms with E-state index in [0.29, 0.717) is 11.7 Å². The van der Waals surface area contributed by atoms with Crippen molar-refractivity contribution in [3.63, 3.8) is 0 Å². The standard InChI is InChI=1S/C19H21N3OS/c1-2-16-11-17-18(20-12-21-19(17)24-16)22-9-7-14(8-10-22)13-3-5-15(23)6-4-13/h3-6,11-12,14,23H,2,7-10H2,1H3. The Morgan fingerprint density at radius 2 is 1.92 bits per heavy atom. The summed E-state index contributed by atoms with van der Waals surface area (Å²) in [5.74, 6) is 1.98. The van der Waals surface area contributed by atoms with E-state index in [-0.39, 0.29) is 0 Å². The van der Waals surface area contributed by atoms with Crippen LogP contribution in [0, 0.1) is 0 Å². The van der Waals surface area contributed by atoms with Crippen LogP contribution in [-0.4, -0.2) is 28.2 Å². The van der Waals surface area contributed by atoms with Crippen molar-refractivity contribution in [1.29, 1.82) is 0 Å². The first-order valence-corrected chi connectivity index (χ1v) is 9.33. The Hall–Kier alpha value is -2.14. The van der Waals surface area contributed by atoms with Crippen LogP contribution < -0.4 is 4.90 Å². The van der Waals surface area contributed by atoms with Crippen LogP contribution in [0.5, 0.6) is 5.75 Å². The number of aryl methyl sites for hydroxylation is 1. The van der Waals surface area contributed by atoms with E-state index in [1.165, 1.54) is 15.8 Å². The van der Waals surface area contributed by atoms with Crippen LogP contribution >= 0.6 is 11.3 Å². The van der Waals surface area contributed by atoms with Gasteiger partial charge in [-0.05, 0) is 48.9 Å². The molecule has 3 aromatic rings. The average molecular weight is 339 g/mol. The number of fused-ring (bicyclic) bond motifs is 1. The lowest BCUT2D eigenvalue weighted by Crippen LogP contribution is -2.33. The van der Waals surface area contributed by atoms with Crippen molar-refractivity contribution in [1.82, 2.24) is 9.97 Å². The molecule has 0 radical (unpaired) electrons. The highest BCUT2D eigenvalue weighted by Crippen LogP contribution is 2.35. The van der Waals surface area contributed by atoms with Crippen molar-refractivity contribution in [2.75, 3.05) is 18.0 Å². The summed E-state index contributed by atoms with van der Waals surface area (Å²) in [7, 11) is 0. The van der Waals surface area contributed by atoms with Gasteiger partial charge in [0.1, 0.15) is 22.7 Å². The fraction of sp³-hybridized carbons (Fsp3) is 0.368.